The Hall–Kier alpha value is -2.06. The Bertz CT molecular complexity index is 750. The van der Waals surface area contributed by atoms with Crippen molar-refractivity contribution in [1.82, 2.24) is 10.4 Å². The van der Waals surface area contributed by atoms with Crippen LogP contribution < -0.4 is 5.43 Å². The lowest BCUT2D eigenvalue weighted by atomic mass is 9.88. The van der Waals surface area contributed by atoms with Crippen molar-refractivity contribution in [2.24, 2.45) is 10.9 Å². The van der Waals surface area contributed by atoms with Crippen molar-refractivity contribution in [3.8, 4) is 0 Å². The number of dihydropyridines is 1. The predicted molar refractivity (Wildman–Crippen MR) is 88.8 cm³/mol. The summed E-state index contributed by atoms with van der Waals surface area (Å²) < 4.78 is 14.6. The average Bonchev–Trinajstić information content (AvgIpc) is 2.54. The molecular weight excluding hydrogens is 381 g/mol. The largest absolute Gasteiger partial charge is 0.481 e. The van der Waals surface area contributed by atoms with Crippen LogP contribution in [0.5, 0.6) is 0 Å². The summed E-state index contributed by atoms with van der Waals surface area (Å²) in [5.41, 5.74) is 3.57. The molecule has 126 valence electrons. The number of carbonyl (C=O) groups is 2. The van der Waals surface area contributed by atoms with Gasteiger partial charge in [-0.15, -0.1) is 0 Å². The second-order valence-corrected chi connectivity index (χ2v) is 6.56. The number of aliphatic carboxylic acids is 1. The van der Waals surface area contributed by atoms with Crippen LogP contribution in [0.1, 0.15) is 12.0 Å². The van der Waals surface area contributed by atoms with Crippen molar-refractivity contribution >= 4 is 33.5 Å². The summed E-state index contributed by atoms with van der Waals surface area (Å²) in [6.45, 7) is 0.376. The number of carboxylic acid groups (broad SMARTS) is 1. The number of hydrazine groups is 1. The molecule has 1 saturated heterocycles. The molecule has 0 spiro atoms. The minimum atomic E-state index is -0.977. The molecule has 2 heterocycles. The summed E-state index contributed by atoms with van der Waals surface area (Å²) in [6.07, 6.45) is 3.45. The van der Waals surface area contributed by atoms with Gasteiger partial charge in [-0.3, -0.25) is 19.6 Å². The number of benzene rings is 1. The average molecular weight is 396 g/mol. The molecule has 0 saturated carbocycles. The highest BCUT2D eigenvalue weighted by Crippen LogP contribution is 2.24. The Labute approximate surface area is 146 Å². The van der Waals surface area contributed by atoms with Gasteiger partial charge in [-0.2, -0.15) is 0 Å². The number of nitrogens with one attached hydrogen (secondary N) is 1. The van der Waals surface area contributed by atoms with Crippen LogP contribution in [0.25, 0.3) is 0 Å². The number of hydrogen-bond acceptors (Lipinski definition) is 4. The molecular formula is C16H15BrFN3O3. The summed E-state index contributed by atoms with van der Waals surface area (Å²) in [4.78, 5) is 27.9. The molecule has 24 heavy (non-hydrogen) atoms. The predicted octanol–water partition coefficient (Wildman–Crippen LogP) is 1.91. The molecule has 0 bridgehead atoms. The van der Waals surface area contributed by atoms with Crippen molar-refractivity contribution in [3.63, 3.8) is 0 Å². The van der Waals surface area contributed by atoms with Gasteiger partial charge < -0.3 is 5.11 Å². The molecule has 2 N–H and O–H groups in total. The zero-order valence-electron chi connectivity index (χ0n) is 12.6. The molecule has 1 aromatic rings. The maximum Gasteiger partial charge on any atom is 0.305 e. The summed E-state index contributed by atoms with van der Waals surface area (Å²) in [7, 11) is 0. The van der Waals surface area contributed by atoms with Crippen LogP contribution in [0.15, 0.2) is 39.8 Å². The molecule has 3 rings (SSSR count). The smallest absolute Gasteiger partial charge is 0.305 e. The third-order valence-corrected chi connectivity index (χ3v) is 4.48. The third kappa shape index (κ3) is 3.39. The van der Waals surface area contributed by atoms with Gasteiger partial charge in [0.05, 0.1) is 19.5 Å². The van der Waals surface area contributed by atoms with Gasteiger partial charge in [0.15, 0.2) is 0 Å². The minimum absolute atomic E-state index is 0.0104. The number of carbonyl (C=O) groups excluding carboxylic acids is 1. The maximum atomic E-state index is 14.0. The third-order valence-electron chi connectivity index (χ3n) is 3.98. The van der Waals surface area contributed by atoms with Crippen LogP contribution >= 0.6 is 15.9 Å². The highest BCUT2D eigenvalue weighted by Gasteiger charge is 2.40. The molecule has 0 aliphatic carbocycles. The zero-order valence-corrected chi connectivity index (χ0v) is 14.2. The Balaban J connectivity index is 1.86. The summed E-state index contributed by atoms with van der Waals surface area (Å²) in [6, 6.07) is 4.08. The Morgan fingerprint density at radius 1 is 1.50 bits per heavy atom. The van der Waals surface area contributed by atoms with Crippen LogP contribution in [0, 0.1) is 11.7 Å². The fourth-order valence-electron chi connectivity index (χ4n) is 2.87. The molecule has 2 unspecified atom stereocenters. The van der Waals surface area contributed by atoms with E-state index in [4.69, 9.17) is 5.11 Å². The number of nitrogens with zero attached hydrogens (tertiary/aromatic N) is 2. The van der Waals surface area contributed by atoms with E-state index in [0.717, 1.165) is 0 Å². The van der Waals surface area contributed by atoms with E-state index in [0.29, 0.717) is 22.3 Å². The Kier molecular flexibility index (Phi) is 4.77. The van der Waals surface area contributed by atoms with Crippen molar-refractivity contribution in [3.05, 3.63) is 46.2 Å². The number of rotatable bonds is 4. The lowest BCUT2D eigenvalue weighted by Gasteiger charge is -2.39. The van der Waals surface area contributed by atoms with Crippen LogP contribution in [-0.4, -0.2) is 40.3 Å². The summed E-state index contributed by atoms with van der Waals surface area (Å²) >= 11 is 3.19. The Morgan fingerprint density at radius 2 is 2.29 bits per heavy atom. The normalized spacial score (nSPS) is 23.0. The quantitative estimate of drug-likeness (QED) is 0.762. The minimum Gasteiger partial charge on any atom is -0.481 e. The van der Waals surface area contributed by atoms with Gasteiger partial charge >= 0.3 is 5.97 Å². The van der Waals surface area contributed by atoms with Crippen molar-refractivity contribution in [2.75, 3.05) is 6.54 Å². The van der Waals surface area contributed by atoms with Crippen LogP contribution in [-0.2, 0) is 16.1 Å². The first kappa shape index (κ1) is 16.8. The fourth-order valence-corrected chi connectivity index (χ4v) is 3.20. The number of hydrogen-bond donors (Lipinski definition) is 2. The van der Waals surface area contributed by atoms with Gasteiger partial charge in [-0.05, 0) is 12.1 Å². The van der Waals surface area contributed by atoms with Gasteiger partial charge in [0.1, 0.15) is 11.5 Å². The zero-order chi connectivity index (χ0) is 17.3. The molecule has 0 aromatic heterocycles. The van der Waals surface area contributed by atoms with E-state index in [1.165, 1.54) is 11.1 Å². The first-order chi connectivity index (χ1) is 11.5. The van der Waals surface area contributed by atoms with Crippen LogP contribution in [0.3, 0.4) is 0 Å². The maximum absolute atomic E-state index is 14.0. The van der Waals surface area contributed by atoms with Gasteiger partial charge in [-0.1, -0.05) is 34.1 Å². The number of halogens is 2. The molecule has 2 aliphatic rings. The van der Waals surface area contributed by atoms with E-state index in [-0.39, 0.29) is 24.8 Å². The van der Waals surface area contributed by atoms with E-state index < -0.39 is 17.8 Å². The highest BCUT2D eigenvalue weighted by atomic mass is 79.9. The van der Waals surface area contributed by atoms with Gasteiger partial charge in [0.25, 0.3) is 5.91 Å². The molecule has 1 aromatic carbocycles. The van der Waals surface area contributed by atoms with Gasteiger partial charge in [0, 0.05) is 22.0 Å². The molecule has 1 fully saturated rings. The molecule has 0 radical (unpaired) electrons. The number of fused-ring (bicyclic) bond motifs is 1. The first-order valence-corrected chi connectivity index (χ1v) is 8.20. The lowest BCUT2D eigenvalue weighted by molar-refractivity contribution is -0.140. The first-order valence-electron chi connectivity index (χ1n) is 7.40. The van der Waals surface area contributed by atoms with Gasteiger partial charge in [-0.25, -0.2) is 9.82 Å². The van der Waals surface area contributed by atoms with Crippen LogP contribution in [0.2, 0.25) is 0 Å². The van der Waals surface area contributed by atoms with Gasteiger partial charge in [0.2, 0.25) is 0 Å². The topological polar surface area (TPSA) is 82.0 Å². The van der Waals surface area contributed by atoms with Crippen molar-refractivity contribution in [1.29, 1.82) is 0 Å². The Morgan fingerprint density at radius 3 is 3.00 bits per heavy atom. The molecule has 8 heteroatoms. The molecule has 1 amide bonds. The summed E-state index contributed by atoms with van der Waals surface area (Å²) in [5, 5.41) is 10.3. The van der Waals surface area contributed by atoms with E-state index in [1.807, 2.05) is 6.08 Å². The molecule has 6 nitrogen and oxygen atoms in total. The fraction of sp³-hybridized carbons (Fsp3) is 0.312. The van der Waals surface area contributed by atoms with E-state index in [1.54, 1.807) is 18.2 Å². The molecule has 2 aliphatic heterocycles. The van der Waals surface area contributed by atoms with E-state index >= 15 is 0 Å². The lowest BCUT2D eigenvalue weighted by Crippen LogP contribution is -2.61. The SMILES string of the molecule is O=C(O)CC1NN(Cc2ccc(Br)cc2F)C(=O)C2=NCC=CC21. The number of aliphatic imine (C=N–C) groups is 1. The number of carboxylic acids is 1. The van der Waals surface area contributed by atoms with Crippen molar-refractivity contribution in [2.45, 2.75) is 19.0 Å². The second-order valence-electron chi connectivity index (χ2n) is 5.64. The van der Waals surface area contributed by atoms with E-state index in [9.17, 15) is 14.0 Å². The number of amides is 1. The molecule has 2 atom stereocenters. The van der Waals surface area contributed by atoms with Crippen LogP contribution in [0.4, 0.5) is 4.39 Å². The second kappa shape index (κ2) is 6.82. The standard InChI is InChI=1S/C16H15BrFN3O3/c17-10-4-3-9(12(18)6-10)8-21-16(24)15-11(2-1-5-19-15)13(20-21)7-14(22)23/h1-4,6,11,13,20H,5,7-8H2,(H,22,23). The van der Waals surface area contributed by atoms with E-state index in [2.05, 4.69) is 26.3 Å². The summed E-state index contributed by atoms with van der Waals surface area (Å²) in [5.74, 6) is -2.15. The monoisotopic (exact) mass is 395 g/mol. The van der Waals surface area contributed by atoms with Crippen molar-refractivity contribution < 1.29 is 19.1 Å². The highest BCUT2D eigenvalue weighted by molar-refractivity contribution is 9.10.